The van der Waals surface area contributed by atoms with Crippen molar-refractivity contribution in [3.63, 3.8) is 0 Å². The molecule has 0 unspecified atom stereocenters. The summed E-state index contributed by atoms with van der Waals surface area (Å²) >= 11 is 2.45. The number of anilines is 2. The molecule has 0 atom stereocenters. The second-order valence-corrected chi connectivity index (χ2v) is 9.00. The number of methoxy groups -OCH3 is 2. The average Bonchev–Trinajstić information content (AvgIpc) is 3.29. The van der Waals surface area contributed by atoms with Crippen molar-refractivity contribution in [2.45, 2.75) is 4.34 Å². The van der Waals surface area contributed by atoms with Gasteiger partial charge >= 0.3 is 0 Å². The van der Waals surface area contributed by atoms with E-state index in [0.29, 0.717) is 32.2 Å². The van der Waals surface area contributed by atoms with Gasteiger partial charge in [-0.1, -0.05) is 53.4 Å². The van der Waals surface area contributed by atoms with E-state index in [9.17, 15) is 9.59 Å². The second-order valence-electron chi connectivity index (χ2n) is 6.80. The summed E-state index contributed by atoms with van der Waals surface area (Å²) in [5.74, 6) is 0.779. The summed E-state index contributed by atoms with van der Waals surface area (Å²) in [5, 5.41) is 16.0. The van der Waals surface area contributed by atoms with Crippen molar-refractivity contribution in [3.05, 3.63) is 66.2 Å². The number of aromatic nitrogens is 2. The molecular weight excluding hydrogens is 460 g/mol. The van der Waals surface area contributed by atoms with E-state index >= 15 is 0 Å². The standard InChI is InChI=1S/C23H20N4O4S2/c1-30-18-10-9-17(12-19(18)31-2)24-20(28)13-32-23-27-26-22(33-23)25-21(29)16-8-7-14-5-3-4-6-15(14)11-16/h3-12H,13H2,1-2H3,(H,24,28)(H,25,26,29). The Bertz CT molecular complexity index is 1310. The summed E-state index contributed by atoms with van der Waals surface area (Å²) in [5.41, 5.74) is 1.13. The highest BCUT2D eigenvalue weighted by atomic mass is 32.2. The van der Waals surface area contributed by atoms with Gasteiger partial charge < -0.3 is 14.8 Å². The summed E-state index contributed by atoms with van der Waals surface area (Å²) in [7, 11) is 3.08. The molecule has 1 aromatic heterocycles. The average molecular weight is 481 g/mol. The summed E-state index contributed by atoms with van der Waals surface area (Å²) in [6, 6.07) is 18.5. The lowest BCUT2D eigenvalue weighted by molar-refractivity contribution is -0.113. The van der Waals surface area contributed by atoms with Gasteiger partial charge in [0.05, 0.1) is 20.0 Å². The first kappa shape index (κ1) is 22.6. The fraction of sp³-hybridized carbons (Fsp3) is 0.130. The van der Waals surface area contributed by atoms with Gasteiger partial charge in [-0.25, -0.2) is 0 Å². The van der Waals surface area contributed by atoms with E-state index in [1.807, 2.05) is 36.4 Å². The fourth-order valence-electron chi connectivity index (χ4n) is 3.06. The molecule has 0 bridgehead atoms. The van der Waals surface area contributed by atoms with E-state index in [2.05, 4.69) is 20.8 Å². The molecule has 168 valence electrons. The summed E-state index contributed by atoms with van der Waals surface area (Å²) < 4.78 is 11.0. The highest BCUT2D eigenvalue weighted by Gasteiger charge is 2.13. The zero-order valence-electron chi connectivity index (χ0n) is 17.8. The third-order valence-electron chi connectivity index (χ3n) is 4.63. The molecule has 8 nitrogen and oxygen atoms in total. The van der Waals surface area contributed by atoms with E-state index in [4.69, 9.17) is 9.47 Å². The van der Waals surface area contributed by atoms with Crippen LogP contribution >= 0.6 is 23.1 Å². The van der Waals surface area contributed by atoms with E-state index in [0.717, 1.165) is 10.8 Å². The molecule has 3 aromatic carbocycles. The predicted molar refractivity (Wildman–Crippen MR) is 131 cm³/mol. The van der Waals surface area contributed by atoms with Crippen LogP contribution in [-0.2, 0) is 4.79 Å². The smallest absolute Gasteiger partial charge is 0.257 e. The van der Waals surface area contributed by atoms with Gasteiger partial charge in [-0.3, -0.25) is 14.9 Å². The van der Waals surface area contributed by atoms with Crippen molar-refractivity contribution in [1.82, 2.24) is 10.2 Å². The summed E-state index contributed by atoms with van der Waals surface area (Å²) in [6.07, 6.45) is 0. The van der Waals surface area contributed by atoms with Crippen LogP contribution in [0.25, 0.3) is 10.8 Å². The highest BCUT2D eigenvalue weighted by Crippen LogP contribution is 2.30. The number of benzene rings is 3. The number of carbonyl (C=O) groups is 2. The third-order valence-corrected chi connectivity index (χ3v) is 6.60. The van der Waals surface area contributed by atoms with Crippen LogP contribution < -0.4 is 20.1 Å². The number of ether oxygens (including phenoxy) is 2. The summed E-state index contributed by atoms with van der Waals surface area (Å²) in [6.45, 7) is 0. The van der Waals surface area contributed by atoms with Crippen molar-refractivity contribution in [3.8, 4) is 11.5 Å². The Hall–Kier alpha value is -3.63. The highest BCUT2D eigenvalue weighted by molar-refractivity contribution is 8.01. The Balaban J connectivity index is 1.32. The first-order chi connectivity index (χ1) is 16.1. The summed E-state index contributed by atoms with van der Waals surface area (Å²) in [4.78, 5) is 24.9. The molecule has 0 aliphatic heterocycles. The molecule has 0 spiro atoms. The van der Waals surface area contributed by atoms with Gasteiger partial charge in [-0.05, 0) is 35.0 Å². The number of nitrogens with one attached hydrogen (secondary N) is 2. The second kappa shape index (κ2) is 10.3. The third kappa shape index (κ3) is 5.60. The van der Waals surface area contributed by atoms with Gasteiger partial charge in [0.1, 0.15) is 0 Å². The molecule has 4 aromatic rings. The first-order valence-corrected chi connectivity index (χ1v) is 11.6. The lowest BCUT2D eigenvalue weighted by Crippen LogP contribution is -2.14. The molecule has 2 N–H and O–H groups in total. The van der Waals surface area contributed by atoms with Crippen LogP contribution in [0.4, 0.5) is 10.8 Å². The molecule has 0 saturated carbocycles. The first-order valence-electron chi connectivity index (χ1n) is 9.84. The number of nitrogens with zero attached hydrogens (tertiary/aromatic N) is 2. The number of amides is 2. The van der Waals surface area contributed by atoms with Gasteiger partial charge in [0.15, 0.2) is 15.8 Å². The van der Waals surface area contributed by atoms with Gasteiger partial charge in [0, 0.05) is 17.3 Å². The monoisotopic (exact) mass is 480 g/mol. The van der Waals surface area contributed by atoms with Crippen LogP contribution in [0.1, 0.15) is 10.4 Å². The van der Waals surface area contributed by atoms with Crippen molar-refractivity contribution >= 4 is 56.5 Å². The quantitative estimate of drug-likeness (QED) is 0.279. The predicted octanol–water partition coefficient (Wildman–Crippen LogP) is 4.69. The molecule has 10 heteroatoms. The van der Waals surface area contributed by atoms with Crippen molar-refractivity contribution in [2.24, 2.45) is 0 Å². The molecule has 0 radical (unpaired) electrons. The SMILES string of the molecule is COc1ccc(NC(=O)CSc2nnc(NC(=O)c3ccc4ccccc4c3)s2)cc1OC. The Morgan fingerprint density at radius 3 is 2.48 bits per heavy atom. The van der Waals surface area contributed by atoms with Gasteiger partial charge in [-0.2, -0.15) is 0 Å². The Morgan fingerprint density at radius 2 is 1.70 bits per heavy atom. The van der Waals surface area contributed by atoms with Crippen molar-refractivity contribution < 1.29 is 19.1 Å². The number of carbonyl (C=O) groups excluding carboxylic acids is 2. The largest absolute Gasteiger partial charge is 0.493 e. The zero-order chi connectivity index (χ0) is 23.2. The molecular formula is C23H20N4O4S2. The van der Waals surface area contributed by atoms with Crippen LogP contribution in [0.3, 0.4) is 0 Å². The Kier molecular flexibility index (Phi) is 7.06. The number of hydrogen-bond acceptors (Lipinski definition) is 8. The van der Waals surface area contributed by atoms with Gasteiger partial charge in [0.2, 0.25) is 11.0 Å². The van der Waals surface area contributed by atoms with E-state index < -0.39 is 0 Å². The van der Waals surface area contributed by atoms with Crippen LogP contribution in [0, 0.1) is 0 Å². The Morgan fingerprint density at radius 1 is 0.909 bits per heavy atom. The molecule has 2 amide bonds. The molecule has 33 heavy (non-hydrogen) atoms. The minimum Gasteiger partial charge on any atom is -0.493 e. The molecule has 1 heterocycles. The molecule has 0 aliphatic rings. The normalized spacial score (nSPS) is 10.6. The lowest BCUT2D eigenvalue weighted by atomic mass is 10.1. The molecule has 0 fully saturated rings. The fourth-order valence-corrected chi connectivity index (χ4v) is 4.60. The number of hydrogen-bond donors (Lipinski definition) is 2. The number of thioether (sulfide) groups is 1. The number of rotatable bonds is 8. The van der Waals surface area contributed by atoms with Crippen molar-refractivity contribution in [2.75, 3.05) is 30.6 Å². The molecule has 4 rings (SSSR count). The minimum atomic E-state index is -0.264. The lowest BCUT2D eigenvalue weighted by Gasteiger charge is -2.10. The maximum Gasteiger partial charge on any atom is 0.257 e. The van der Waals surface area contributed by atoms with E-state index in [1.54, 1.807) is 31.4 Å². The van der Waals surface area contributed by atoms with Crippen LogP contribution in [0.15, 0.2) is 65.0 Å². The van der Waals surface area contributed by atoms with Crippen LogP contribution in [0.2, 0.25) is 0 Å². The molecule has 0 aliphatic carbocycles. The number of fused-ring (bicyclic) bond motifs is 1. The van der Waals surface area contributed by atoms with E-state index in [-0.39, 0.29) is 17.6 Å². The van der Waals surface area contributed by atoms with Crippen molar-refractivity contribution in [1.29, 1.82) is 0 Å². The molecule has 0 saturated heterocycles. The maximum absolute atomic E-state index is 12.6. The Labute approximate surface area is 198 Å². The van der Waals surface area contributed by atoms with Gasteiger partial charge in [-0.15, -0.1) is 10.2 Å². The van der Waals surface area contributed by atoms with E-state index in [1.165, 1.54) is 30.2 Å². The van der Waals surface area contributed by atoms with Gasteiger partial charge in [0.25, 0.3) is 5.91 Å². The van der Waals surface area contributed by atoms with Crippen LogP contribution in [-0.4, -0.2) is 42.0 Å². The topological polar surface area (TPSA) is 102 Å². The zero-order valence-corrected chi connectivity index (χ0v) is 19.5. The minimum absolute atomic E-state index is 0.140. The maximum atomic E-state index is 12.6. The van der Waals surface area contributed by atoms with Crippen LogP contribution in [0.5, 0.6) is 11.5 Å².